The minimum Gasteiger partial charge on any atom is -0.459 e. The van der Waals surface area contributed by atoms with E-state index in [1.807, 2.05) is 20.8 Å². The molecule has 0 fully saturated rings. The zero-order valence-corrected chi connectivity index (χ0v) is 15.8. The van der Waals surface area contributed by atoms with Crippen LogP contribution in [-0.2, 0) is 9.53 Å². The molecule has 0 saturated carbocycles. The monoisotopic (exact) mass is 395 g/mol. The zero-order valence-electron chi connectivity index (χ0n) is 14.2. The molecule has 0 radical (unpaired) electrons. The summed E-state index contributed by atoms with van der Waals surface area (Å²) in [4.78, 5) is 37.2. The van der Waals surface area contributed by atoms with Crippen LogP contribution in [-0.4, -0.2) is 39.7 Å². The van der Waals surface area contributed by atoms with Crippen LogP contribution in [0.15, 0.2) is 24.3 Å². The SMILES string of the molecule is CC(C)(C)OC(=O)C(Br)CCCCN1C(=O)c2ccccc2C1=O. The lowest BCUT2D eigenvalue weighted by Gasteiger charge is -2.21. The quantitative estimate of drug-likeness (QED) is 0.319. The van der Waals surface area contributed by atoms with Crippen molar-refractivity contribution in [3.63, 3.8) is 0 Å². The standard InChI is InChI=1S/C18H22BrNO4/c1-18(2,3)24-17(23)14(19)10-6-7-11-20-15(21)12-8-4-5-9-13(12)16(20)22/h4-5,8-9,14H,6-7,10-11H2,1-3H3. The van der Waals surface area contributed by atoms with Gasteiger partial charge in [0.15, 0.2) is 0 Å². The summed E-state index contributed by atoms with van der Waals surface area (Å²) < 4.78 is 5.30. The van der Waals surface area contributed by atoms with Crippen LogP contribution in [0, 0.1) is 0 Å². The van der Waals surface area contributed by atoms with Crippen molar-refractivity contribution in [2.75, 3.05) is 6.54 Å². The summed E-state index contributed by atoms with van der Waals surface area (Å²) in [5, 5.41) is 0. The van der Waals surface area contributed by atoms with Gasteiger partial charge in [0.05, 0.1) is 11.1 Å². The summed E-state index contributed by atoms with van der Waals surface area (Å²) in [7, 11) is 0. The van der Waals surface area contributed by atoms with E-state index in [1.54, 1.807) is 24.3 Å². The number of carbonyl (C=O) groups is 3. The molecule has 1 aliphatic heterocycles. The molecule has 2 amide bonds. The summed E-state index contributed by atoms with van der Waals surface area (Å²) in [6, 6.07) is 6.85. The number of hydrogen-bond acceptors (Lipinski definition) is 4. The number of amides is 2. The lowest BCUT2D eigenvalue weighted by molar-refractivity contribution is -0.154. The highest BCUT2D eigenvalue weighted by Gasteiger charge is 2.34. The first kappa shape index (κ1) is 18.6. The molecule has 1 aromatic carbocycles. The van der Waals surface area contributed by atoms with Crippen LogP contribution in [0.5, 0.6) is 0 Å². The molecule has 1 unspecified atom stereocenters. The number of halogens is 1. The number of unbranched alkanes of at least 4 members (excludes halogenated alkanes) is 1. The van der Waals surface area contributed by atoms with Crippen LogP contribution in [0.2, 0.25) is 0 Å². The lowest BCUT2D eigenvalue weighted by atomic mass is 10.1. The number of fused-ring (bicyclic) bond motifs is 1. The number of esters is 1. The Morgan fingerprint density at radius 3 is 2.17 bits per heavy atom. The lowest BCUT2D eigenvalue weighted by Crippen LogP contribution is -2.31. The first-order valence-corrected chi connectivity index (χ1v) is 8.94. The fraction of sp³-hybridized carbons (Fsp3) is 0.500. The van der Waals surface area contributed by atoms with E-state index in [1.165, 1.54) is 4.90 Å². The Labute approximate surface area is 150 Å². The van der Waals surface area contributed by atoms with Gasteiger partial charge in [-0.15, -0.1) is 0 Å². The van der Waals surface area contributed by atoms with Crippen molar-refractivity contribution in [1.82, 2.24) is 4.90 Å². The fourth-order valence-electron chi connectivity index (χ4n) is 2.52. The largest absolute Gasteiger partial charge is 0.459 e. The molecule has 0 aliphatic carbocycles. The van der Waals surface area contributed by atoms with Gasteiger partial charge in [-0.2, -0.15) is 0 Å². The Kier molecular flexibility index (Phi) is 5.80. The molecule has 1 heterocycles. The van der Waals surface area contributed by atoms with E-state index in [2.05, 4.69) is 15.9 Å². The highest BCUT2D eigenvalue weighted by Crippen LogP contribution is 2.23. The second-order valence-corrected chi connectivity index (χ2v) is 7.91. The molecule has 0 spiro atoms. The van der Waals surface area contributed by atoms with Crippen molar-refractivity contribution in [2.24, 2.45) is 0 Å². The van der Waals surface area contributed by atoms with Crippen LogP contribution in [0.4, 0.5) is 0 Å². The highest BCUT2D eigenvalue weighted by atomic mass is 79.9. The minimum absolute atomic E-state index is 0.238. The number of ether oxygens (including phenoxy) is 1. The van der Waals surface area contributed by atoms with Gasteiger partial charge in [0.1, 0.15) is 10.4 Å². The van der Waals surface area contributed by atoms with Crippen molar-refractivity contribution in [2.45, 2.75) is 50.5 Å². The summed E-state index contributed by atoms with van der Waals surface area (Å²) in [5.74, 6) is -0.764. The van der Waals surface area contributed by atoms with Gasteiger partial charge in [0, 0.05) is 6.54 Å². The molecule has 0 saturated heterocycles. The van der Waals surface area contributed by atoms with Gasteiger partial charge in [-0.1, -0.05) is 28.1 Å². The molecule has 1 aromatic rings. The van der Waals surface area contributed by atoms with Crippen LogP contribution >= 0.6 is 15.9 Å². The molecule has 0 N–H and O–H groups in total. The Bertz CT molecular complexity index is 616. The average molecular weight is 396 g/mol. The van der Waals surface area contributed by atoms with Gasteiger partial charge < -0.3 is 4.74 Å². The Hall–Kier alpha value is -1.69. The Morgan fingerprint density at radius 1 is 1.12 bits per heavy atom. The predicted molar refractivity (Wildman–Crippen MR) is 94.2 cm³/mol. The third kappa shape index (κ3) is 4.44. The van der Waals surface area contributed by atoms with Gasteiger partial charge in [0.25, 0.3) is 11.8 Å². The van der Waals surface area contributed by atoms with Crippen molar-refractivity contribution < 1.29 is 19.1 Å². The van der Waals surface area contributed by atoms with E-state index in [9.17, 15) is 14.4 Å². The number of rotatable bonds is 6. The highest BCUT2D eigenvalue weighted by molar-refractivity contribution is 9.10. The molecule has 5 nitrogen and oxygen atoms in total. The summed E-state index contributed by atoms with van der Waals surface area (Å²) in [6.45, 7) is 5.84. The Morgan fingerprint density at radius 2 is 1.67 bits per heavy atom. The minimum atomic E-state index is -0.511. The molecule has 1 aliphatic rings. The van der Waals surface area contributed by atoms with Crippen molar-refractivity contribution >= 4 is 33.7 Å². The van der Waals surface area contributed by atoms with E-state index in [-0.39, 0.29) is 22.6 Å². The van der Waals surface area contributed by atoms with E-state index >= 15 is 0 Å². The number of benzene rings is 1. The number of imide groups is 1. The second kappa shape index (κ2) is 7.47. The van der Waals surface area contributed by atoms with Gasteiger partial charge in [-0.3, -0.25) is 19.3 Å². The van der Waals surface area contributed by atoms with Crippen LogP contribution in [0.1, 0.15) is 60.7 Å². The number of alkyl halides is 1. The van der Waals surface area contributed by atoms with E-state index < -0.39 is 5.60 Å². The van der Waals surface area contributed by atoms with E-state index in [0.717, 1.165) is 0 Å². The van der Waals surface area contributed by atoms with Gasteiger partial charge in [-0.25, -0.2) is 0 Å². The molecule has 0 aromatic heterocycles. The van der Waals surface area contributed by atoms with Gasteiger partial charge in [-0.05, 0) is 52.2 Å². The smallest absolute Gasteiger partial charge is 0.320 e. The van der Waals surface area contributed by atoms with Crippen molar-refractivity contribution in [1.29, 1.82) is 0 Å². The molecule has 6 heteroatoms. The maximum atomic E-state index is 12.2. The van der Waals surface area contributed by atoms with Gasteiger partial charge in [0.2, 0.25) is 0 Å². The van der Waals surface area contributed by atoms with Crippen LogP contribution in [0.3, 0.4) is 0 Å². The van der Waals surface area contributed by atoms with Crippen molar-refractivity contribution in [3.8, 4) is 0 Å². The first-order valence-electron chi connectivity index (χ1n) is 8.03. The molecule has 1 atom stereocenters. The molecular weight excluding hydrogens is 374 g/mol. The number of hydrogen-bond donors (Lipinski definition) is 0. The third-order valence-electron chi connectivity index (χ3n) is 3.63. The maximum absolute atomic E-state index is 12.2. The molecule has 0 bridgehead atoms. The molecule has 130 valence electrons. The van der Waals surface area contributed by atoms with Crippen LogP contribution in [0.25, 0.3) is 0 Å². The molecular formula is C18H22BrNO4. The fourth-order valence-corrected chi connectivity index (χ4v) is 2.94. The molecule has 24 heavy (non-hydrogen) atoms. The summed E-state index contributed by atoms with van der Waals surface area (Å²) in [5.41, 5.74) is 0.424. The van der Waals surface area contributed by atoms with E-state index in [4.69, 9.17) is 4.74 Å². The zero-order chi connectivity index (χ0) is 17.9. The first-order chi connectivity index (χ1) is 11.2. The Balaban J connectivity index is 1.79. The predicted octanol–water partition coefficient (Wildman–Crippen LogP) is 3.56. The van der Waals surface area contributed by atoms with E-state index in [0.29, 0.717) is 36.9 Å². The van der Waals surface area contributed by atoms with Crippen molar-refractivity contribution in [3.05, 3.63) is 35.4 Å². The average Bonchev–Trinajstić information content (AvgIpc) is 2.74. The summed E-state index contributed by atoms with van der Waals surface area (Å²) in [6.07, 6.45) is 1.96. The number of nitrogens with zero attached hydrogens (tertiary/aromatic N) is 1. The molecule has 2 rings (SSSR count). The normalized spacial score (nSPS) is 15.4. The topological polar surface area (TPSA) is 63.7 Å². The summed E-state index contributed by atoms with van der Waals surface area (Å²) >= 11 is 3.33. The third-order valence-corrected chi connectivity index (χ3v) is 4.46. The maximum Gasteiger partial charge on any atom is 0.320 e. The second-order valence-electron chi connectivity index (χ2n) is 6.80. The van der Waals surface area contributed by atoms with Gasteiger partial charge >= 0.3 is 5.97 Å². The van der Waals surface area contributed by atoms with Crippen LogP contribution < -0.4 is 0 Å². The number of carbonyl (C=O) groups excluding carboxylic acids is 3.